The van der Waals surface area contributed by atoms with Crippen molar-refractivity contribution in [2.45, 2.75) is 13.5 Å². The molecule has 0 saturated heterocycles. The fourth-order valence-electron chi connectivity index (χ4n) is 1.43. The SMILES string of the molecule is CCn1cc(Br)c2ccncc2c1=O. The number of hydrogen-bond acceptors (Lipinski definition) is 2. The van der Waals surface area contributed by atoms with Crippen LogP contribution in [-0.4, -0.2) is 9.55 Å². The fourth-order valence-corrected chi connectivity index (χ4v) is 2.02. The highest BCUT2D eigenvalue weighted by molar-refractivity contribution is 9.10. The van der Waals surface area contributed by atoms with Gasteiger partial charge in [0.1, 0.15) is 0 Å². The third kappa shape index (κ3) is 1.35. The van der Waals surface area contributed by atoms with Gasteiger partial charge in [-0.1, -0.05) is 0 Å². The van der Waals surface area contributed by atoms with Crippen LogP contribution >= 0.6 is 15.9 Å². The van der Waals surface area contributed by atoms with Crippen molar-refractivity contribution >= 4 is 26.7 Å². The van der Waals surface area contributed by atoms with Gasteiger partial charge in [0, 0.05) is 35.0 Å². The molecule has 2 heterocycles. The molecule has 2 aromatic rings. The average Bonchev–Trinajstić information content (AvgIpc) is 2.23. The van der Waals surface area contributed by atoms with Crippen LogP contribution in [0.4, 0.5) is 0 Å². The molecular weight excluding hydrogens is 244 g/mol. The van der Waals surface area contributed by atoms with E-state index in [4.69, 9.17) is 0 Å². The largest absolute Gasteiger partial charge is 0.314 e. The lowest BCUT2D eigenvalue weighted by molar-refractivity contribution is 0.732. The molecule has 0 N–H and O–H groups in total. The van der Waals surface area contributed by atoms with Gasteiger partial charge >= 0.3 is 0 Å². The summed E-state index contributed by atoms with van der Waals surface area (Å²) >= 11 is 3.44. The number of rotatable bonds is 1. The van der Waals surface area contributed by atoms with Gasteiger partial charge in [0.15, 0.2) is 0 Å². The highest BCUT2D eigenvalue weighted by atomic mass is 79.9. The van der Waals surface area contributed by atoms with Gasteiger partial charge < -0.3 is 4.57 Å². The van der Waals surface area contributed by atoms with Gasteiger partial charge in [-0.2, -0.15) is 0 Å². The number of aryl methyl sites for hydroxylation is 1. The third-order valence-electron chi connectivity index (χ3n) is 2.18. The summed E-state index contributed by atoms with van der Waals surface area (Å²) in [6, 6.07) is 1.83. The molecule has 0 radical (unpaired) electrons. The molecule has 72 valence electrons. The standard InChI is InChI=1S/C10H9BrN2O/c1-2-13-6-9(11)7-3-4-12-5-8(7)10(13)14/h3-6H,2H2,1H3. The van der Waals surface area contributed by atoms with Gasteiger partial charge in [0.2, 0.25) is 0 Å². The van der Waals surface area contributed by atoms with Gasteiger partial charge in [-0.3, -0.25) is 9.78 Å². The normalized spacial score (nSPS) is 10.7. The van der Waals surface area contributed by atoms with E-state index >= 15 is 0 Å². The van der Waals surface area contributed by atoms with Crippen LogP contribution in [0.2, 0.25) is 0 Å². The second kappa shape index (κ2) is 3.53. The molecular formula is C10H9BrN2O. The average molecular weight is 253 g/mol. The van der Waals surface area contributed by atoms with Crippen LogP contribution in [0.1, 0.15) is 6.92 Å². The van der Waals surface area contributed by atoms with E-state index in [9.17, 15) is 4.79 Å². The number of fused-ring (bicyclic) bond motifs is 1. The van der Waals surface area contributed by atoms with Crippen molar-refractivity contribution in [1.82, 2.24) is 9.55 Å². The van der Waals surface area contributed by atoms with Crippen LogP contribution < -0.4 is 5.56 Å². The first-order valence-electron chi connectivity index (χ1n) is 4.36. The number of pyridine rings is 2. The van der Waals surface area contributed by atoms with E-state index < -0.39 is 0 Å². The number of hydrogen-bond donors (Lipinski definition) is 0. The molecule has 4 heteroatoms. The van der Waals surface area contributed by atoms with Crippen LogP contribution in [0.5, 0.6) is 0 Å². The Labute approximate surface area is 89.5 Å². The summed E-state index contributed by atoms with van der Waals surface area (Å²) in [7, 11) is 0. The summed E-state index contributed by atoms with van der Waals surface area (Å²) in [5, 5.41) is 1.57. The third-order valence-corrected chi connectivity index (χ3v) is 2.81. The quantitative estimate of drug-likeness (QED) is 0.780. The molecule has 0 aliphatic carbocycles. The van der Waals surface area contributed by atoms with Gasteiger partial charge in [0.25, 0.3) is 5.56 Å². The van der Waals surface area contributed by atoms with Crippen molar-refractivity contribution in [1.29, 1.82) is 0 Å². The maximum absolute atomic E-state index is 11.8. The molecule has 0 bridgehead atoms. The van der Waals surface area contributed by atoms with Crippen LogP contribution in [0.3, 0.4) is 0 Å². The Morgan fingerprint density at radius 1 is 1.50 bits per heavy atom. The van der Waals surface area contributed by atoms with E-state index in [1.54, 1.807) is 17.0 Å². The summed E-state index contributed by atoms with van der Waals surface area (Å²) in [5.41, 5.74) is 0.0128. The first-order chi connectivity index (χ1) is 6.74. The fraction of sp³-hybridized carbons (Fsp3) is 0.200. The molecule has 0 unspecified atom stereocenters. The predicted molar refractivity (Wildman–Crippen MR) is 59.4 cm³/mol. The Balaban J connectivity index is 2.95. The van der Waals surface area contributed by atoms with Gasteiger partial charge in [-0.15, -0.1) is 0 Å². The van der Waals surface area contributed by atoms with Crippen molar-refractivity contribution in [3.8, 4) is 0 Å². The van der Waals surface area contributed by atoms with E-state index in [0.29, 0.717) is 11.9 Å². The molecule has 0 saturated carbocycles. The van der Waals surface area contributed by atoms with E-state index in [2.05, 4.69) is 20.9 Å². The summed E-state index contributed by atoms with van der Waals surface area (Å²) in [5.74, 6) is 0. The molecule has 0 aromatic carbocycles. The number of halogens is 1. The molecule has 2 aromatic heterocycles. The monoisotopic (exact) mass is 252 g/mol. The zero-order chi connectivity index (χ0) is 10.1. The molecule has 0 amide bonds. The summed E-state index contributed by atoms with van der Waals surface area (Å²) in [4.78, 5) is 15.8. The summed E-state index contributed by atoms with van der Waals surface area (Å²) < 4.78 is 2.59. The Kier molecular flexibility index (Phi) is 2.37. The first-order valence-corrected chi connectivity index (χ1v) is 5.16. The highest BCUT2D eigenvalue weighted by Gasteiger charge is 2.05. The predicted octanol–water partition coefficient (Wildman–Crippen LogP) is 2.18. The maximum Gasteiger partial charge on any atom is 0.260 e. The topological polar surface area (TPSA) is 34.9 Å². The van der Waals surface area contributed by atoms with Crippen molar-refractivity contribution in [2.24, 2.45) is 0 Å². The Morgan fingerprint density at radius 2 is 2.29 bits per heavy atom. The lowest BCUT2D eigenvalue weighted by Gasteiger charge is -2.05. The van der Waals surface area contributed by atoms with Crippen molar-refractivity contribution < 1.29 is 0 Å². The lowest BCUT2D eigenvalue weighted by Crippen LogP contribution is -2.18. The molecule has 0 spiro atoms. The maximum atomic E-state index is 11.8. The minimum absolute atomic E-state index is 0.0128. The van der Waals surface area contributed by atoms with Crippen molar-refractivity contribution in [3.63, 3.8) is 0 Å². The van der Waals surface area contributed by atoms with Crippen molar-refractivity contribution in [2.75, 3.05) is 0 Å². The van der Waals surface area contributed by atoms with Crippen LogP contribution in [0.25, 0.3) is 10.8 Å². The number of nitrogens with zero attached hydrogens (tertiary/aromatic N) is 2. The van der Waals surface area contributed by atoms with Gasteiger partial charge in [0.05, 0.1) is 5.39 Å². The first kappa shape index (κ1) is 9.40. The second-order valence-corrected chi connectivity index (χ2v) is 3.84. The van der Waals surface area contributed by atoms with Crippen LogP contribution in [0, 0.1) is 0 Å². The van der Waals surface area contributed by atoms with E-state index in [1.165, 1.54) is 0 Å². The Hall–Kier alpha value is -1.16. The van der Waals surface area contributed by atoms with Crippen LogP contribution in [0.15, 0.2) is 33.9 Å². The molecule has 0 aliphatic heterocycles. The molecule has 0 fully saturated rings. The number of aromatic nitrogens is 2. The highest BCUT2D eigenvalue weighted by Crippen LogP contribution is 2.19. The summed E-state index contributed by atoms with van der Waals surface area (Å²) in [6.45, 7) is 2.61. The molecule has 3 nitrogen and oxygen atoms in total. The van der Waals surface area contributed by atoms with E-state index in [-0.39, 0.29) is 5.56 Å². The van der Waals surface area contributed by atoms with E-state index in [0.717, 1.165) is 9.86 Å². The van der Waals surface area contributed by atoms with Gasteiger partial charge in [-0.25, -0.2) is 0 Å². The zero-order valence-electron chi connectivity index (χ0n) is 7.70. The lowest BCUT2D eigenvalue weighted by atomic mass is 10.2. The molecule has 0 aliphatic rings. The summed E-state index contributed by atoms with van der Waals surface area (Å²) in [6.07, 6.45) is 5.10. The minimum Gasteiger partial charge on any atom is -0.314 e. The Bertz CT molecular complexity index is 533. The minimum atomic E-state index is 0.0128. The van der Waals surface area contributed by atoms with Crippen LogP contribution in [-0.2, 0) is 6.54 Å². The zero-order valence-corrected chi connectivity index (χ0v) is 9.28. The van der Waals surface area contributed by atoms with E-state index in [1.807, 2.05) is 19.2 Å². The molecule has 14 heavy (non-hydrogen) atoms. The van der Waals surface area contributed by atoms with Crippen molar-refractivity contribution in [3.05, 3.63) is 39.5 Å². The molecule has 2 rings (SSSR count). The van der Waals surface area contributed by atoms with Gasteiger partial charge in [-0.05, 0) is 28.9 Å². The Morgan fingerprint density at radius 3 is 3.00 bits per heavy atom. The second-order valence-electron chi connectivity index (χ2n) is 2.99. The molecule has 0 atom stereocenters. The smallest absolute Gasteiger partial charge is 0.260 e.